The topological polar surface area (TPSA) is 91.3 Å². The Morgan fingerprint density at radius 1 is 0.574 bits per heavy atom. The number of hydrogen-bond acceptors (Lipinski definition) is 6. The zero-order valence-corrected chi connectivity index (χ0v) is 36.3. The Balaban J connectivity index is 4.35. The van der Waals surface area contributed by atoms with Crippen molar-refractivity contribution in [3.05, 3.63) is 60.8 Å². The number of rotatable bonds is 39. The molecule has 0 aliphatic rings. The Hall–Kier alpha value is -1.80. The van der Waals surface area contributed by atoms with Crippen molar-refractivity contribution in [2.75, 3.05) is 54.1 Å². The number of allylic oxidation sites excluding steroid dienone is 9. The smallest absolute Gasteiger partial charge is 0.457 e. The van der Waals surface area contributed by atoms with Gasteiger partial charge in [0.05, 0.1) is 40.8 Å². The highest BCUT2D eigenvalue weighted by Crippen LogP contribution is 2.43. The van der Waals surface area contributed by atoms with E-state index in [0.29, 0.717) is 17.6 Å². The van der Waals surface area contributed by atoms with E-state index >= 15 is 0 Å². The van der Waals surface area contributed by atoms with Gasteiger partial charge in [-0.05, 0) is 38.5 Å². The second kappa shape index (κ2) is 38.1. The summed E-state index contributed by atoms with van der Waals surface area (Å²) in [6.45, 7) is 5.38. The van der Waals surface area contributed by atoms with Gasteiger partial charge in [-0.15, -0.1) is 0 Å². The lowest BCUT2D eigenvalue weighted by Gasteiger charge is -2.24. The Labute approximate surface area is 332 Å². The van der Waals surface area contributed by atoms with Gasteiger partial charge in [0, 0.05) is 6.61 Å². The molecular formula is C45H83NO7P+. The highest BCUT2D eigenvalue weighted by atomic mass is 31.2. The summed E-state index contributed by atoms with van der Waals surface area (Å²) in [7, 11) is 1.61. The van der Waals surface area contributed by atoms with Crippen LogP contribution in [0.25, 0.3) is 0 Å². The van der Waals surface area contributed by atoms with Gasteiger partial charge in [0.15, 0.2) is 0 Å². The Bertz CT molecular complexity index is 1050. The number of unbranched alkanes of at least 4 members (excludes halogenated alkanes) is 16. The van der Waals surface area contributed by atoms with Crippen molar-refractivity contribution in [2.24, 2.45) is 0 Å². The molecule has 2 unspecified atom stereocenters. The molecule has 1 N–H and O–H groups in total. The van der Waals surface area contributed by atoms with E-state index in [2.05, 4.69) is 62.5 Å². The van der Waals surface area contributed by atoms with E-state index in [4.69, 9.17) is 18.5 Å². The summed E-state index contributed by atoms with van der Waals surface area (Å²) in [5.41, 5.74) is 0. The molecule has 2 atom stereocenters. The molecule has 0 aromatic rings. The van der Waals surface area contributed by atoms with E-state index < -0.39 is 19.9 Å². The predicted molar refractivity (Wildman–Crippen MR) is 229 cm³/mol. The molecule has 314 valence electrons. The lowest BCUT2D eigenvalue weighted by molar-refractivity contribution is -0.870. The van der Waals surface area contributed by atoms with Gasteiger partial charge in [0.1, 0.15) is 19.3 Å². The maximum absolute atomic E-state index is 12.6. The summed E-state index contributed by atoms with van der Waals surface area (Å²) in [5, 5.41) is 0. The van der Waals surface area contributed by atoms with Crippen molar-refractivity contribution < 1.29 is 37.3 Å². The highest BCUT2D eigenvalue weighted by Gasteiger charge is 2.26. The summed E-state index contributed by atoms with van der Waals surface area (Å²) in [5.74, 6) is -0.440. The first-order valence-corrected chi connectivity index (χ1v) is 23.0. The van der Waals surface area contributed by atoms with Crippen molar-refractivity contribution in [2.45, 2.75) is 168 Å². The molecule has 0 bridgehead atoms. The van der Waals surface area contributed by atoms with Gasteiger partial charge < -0.3 is 18.9 Å². The minimum absolute atomic E-state index is 0.0710. The number of hydrogen-bond donors (Lipinski definition) is 1. The van der Waals surface area contributed by atoms with E-state index in [1.165, 1.54) is 96.3 Å². The predicted octanol–water partition coefficient (Wildman–Crippen LogP) is 12.5. The summed E-state index contributed by atoms with van der Waals surface area (Å²) in [4.78, 5) is 22.8. The first-order chi connectivity index (χ1) is 26.1. The minimum atomic E-state index is -4.30. The van der Waals surface area contributed by atoms with Crippen LogP contribution >= 0.6 is 7.82 Å². The maximum Gasteiger partial charge on any atom is 0.472 e. The van der Waals surface area contributed by atoms with Crippen LogP contribution in [-0.4, -0.2) is 75.6 Å². The molecule has 0 saturated heterocycles. The average Bonchev–Trinajstić information content (AvgIpc) is 3.12. The lowest BCUT2D eigenvalue weighted by Crippen LogP contribution is -2.37. The van der Waals surface area contributed by atoms with Gasteiger partial charge in [-0.25, -0.2) is 4.57 Å². The summed E-state index contributed by atoms with van der Waals surface area (Å²) < 4.78 is 34.8. The molecule has 9 heteroatoms. The van der Waals surface area contributed by atoms with Crippen molar-refractivity contribution >= 4 is 13.8 Å². The first kappa shape index (κ1) is 52.2. The Morgan fingerprint density at radius 3 is 1.44 bits per heavy atom. The first-order valence-electron chi connectivity index (χ1n) is 21.5. The van der Waals surface area contributed by atoms with Crippen LogP contribution in [0.3, 0.4) is 0 Å². The van der Waals surface area contributed by atoms with E-state index in [-0.39, 0.29) is 26.2 Å². The number of phosphoric ester groups is 1. The van der Waals surface area contributed by atoms with Crippen LogP contribution in [0.2, 0.25) is 0 Å². The van der Waals surface area contributed by atoms with E-state index in [1.54, 1.807) is 6.08 Å². The minimum Gasteiger partial charge on any atom is -0.457 e. The van der Waals surface area contributed by atoms with Gasteiger partial charge >= 0.3 is 13.8 Å². The molecule has 0 aliphatic heterocycles. The summed E-state index contributed by atoms with van der Waals surface area (Å²) in [6, 6.07) is 0. The van der Waals surface area contributed by atoms with Gasteiger partial charge in [0.25, 0.3) is 0 Å². The van der Waals surface area contributed by atoms with E-state index in [9.17, 15) is 14.3 Å². The standard InChI is InChI=1S/C45H82NO7P/c1-6-8-10-12-14-16-18-20-22-23-25-27-29-31-33-35-37-40-50-42-44(43-52-54(48,49)51-41-39-46(3,4)5)53-45(47)38-36-34-32-30-28-26-24-21-19-17-15-13-11-9-7-2/h9,11,15,17,21,24,28,30,34,36,44H,6-8,10,12-14,16,18-20,22-23,25-27,29,31-33,35,37-43H2,1-5H3/p+1/b11-9-,17-15-,24-21-,30-28-,36-34-. The third kappa shape index (κ3) is 41.4. The van der Waals surface area contributed by atoms with Crippen molar-refractivity contribution in [1.29, 1.82) is 0 Å². The molecule has 54 heavy (non-hydrogen) atoms. The Morgan fingerprint density at radius 2 is 1.00 bits per heavy atom. The fourth-order valence-corrected chi connectivity index (χ4v) is 6.31. The van der Waals surface area contributed by atoms with Crippen LogP contribution in [0.15, 0.2) is 60.8 Å². The normalized spacial score (nSPS) is 14.4. The molecule has 0 rings (SSSR count). The fourth-order valence-electron chi connectivity index (χ4n) is 5.57. The number of carbonyl (C=O) groups excluding carboxylic acids is 1. The molecule has 8 nitrogen and oxygen atoms in total. The van der Waals surface area contributed by atoms with Crippen molar-refractivity contribution in [1.82, 2.24) is 0 Å². The van der Waals surface area contributed by atoms with Crippen LogP contribution in [0.5, 0.6) is 0 Å². The zero-order valence-electron chi connectivity index (χ0n) is 35.4. The molecule has 0 fully saturated rings. The molecule has 0 spiro atoms. The van der Waals surface area contributed by atoms with Crippen LogP contribution in [0.1, 0.15) is 162 Å². The average molecular weight is 781 g/mol. The van der Waals surface area contributed by atoms with Crippen LogP contribution < -0.4 is 0 Å². The number of esters is 1. The number of quaternary nitrogens is 1. The third-order valence-corrected chi connectivity index (χ3v) is 9.86. The highest BCUT2D eigenvalue weighted by molar-refractivity contribution is 7.47. The molecule has 0 aliphatic carbocycles. The van der Waals surface area contributed by atoms with Gasteiger partial charge in [-0.2, -0.15) is 0 Å². The van der Waals surface area contributed by atoms with Crippen LogP contribution in [0.4, 0.5) is 0 Å². The zero-order chi connectivity index (χ0) is 39.9. The van der Waals surface area contributed by atoms with Crippen molar-refractivity contribution in [3.8, 4) is 0 Å². The van der Waals surface area contributed by atoms with Crippen LogP contribution in [-0.2, 0) is 27.9 Å². The SMILES string of the molecule is CC/C=C\C/C=C\C/C=C\C/C=C\C/C=C\CC(=O)OC(COCCCCCCCCCCCCCCCCCCC)COP(=O)(O)OCC[N+](C)(C)C. The Kier molecular flexibility index (Phi) is 36.8. The summed E-state index contributed by atoms with van der Waals surface area (Å²) in [6.07, 6.45) is 47.2. The van der Waals surface area contributed by atoms with Crippen LogP contribution in [0, 0.1) is 0 Å². The molecule has 0 aromatic carbocycles. The monoisotopic (exact) mass is 781 g/mol. The molecule has 0 radical (unpaired) electrons. The van der Waals surface area contributed by atoms with Gasteiger partial charge in [-0.1, -0.05) is 177 Å². The number of nitrogens with zero attached hydrogens (tertiary/aromatic N) is 1. The second-order valence-corrected chi connectivity index (χ2v) is 16.8. The lowest BCUT2D eigenvalue weighted by atomic mass is 10.0. The number of likely N-dealkylation sites (N-methyl/N-ethyl adjacent to an activating group) is 1. The number of ether oxygens (including phenoxy) is 2. The fraction of sp³-hybridized carbons (Fsp3) is 0.756. The maximum atomic E-state index is 12.6. The molecule has 0 heterocycles. The van der Waals surface area contributed by atoms with E-state index in [0.717, 1.165) is 44.9 Å². The molecular weight excluding hydrogens is 697 g/mol. The summed E-state index contributed by atoms with van der Waals surface area (Å²) >= 11 is 0. The second-order valence-electron chi connectivity index (χ2n) is 15.4. The van der Waals surface area contributed by atoms with Gasteiger partial charge in [0.2, 0.25) is 0 Å². The molecule has 0 amide bonds. The largest absolute Gasteiger partial charge is 0.472 e. The van der Waals surface area contributed by atoms with Crippen molar-refractivity contribution in [3.63, 3.8) is 0 Å². The number of phosphoric acid groups is 1. The van der Waals surface area contributed by atoms with Gasteiger partial charge in [-0.3, -0.25) is 13.8 Å². The third-order valence-electron chi connectivity index (χ3n) is 8.88. The van der Waals surface area contributed by atoms with E-state index in [1.807, 2.05) is 27.2 Å². The number of carbonyl (C=O) groups is 1. The molecule has 0 aromatic heterocycles. The molecule has 0 saturated carbocycles. The quantitative estimate of drug-likeness (QED) is 0.0218.